The summed E-state index contributed by atoms with van der Waals surface area (Å²) in [7, 11) is 0. The van der Waals surface area contributed by atoms with Crippen molar-refractivity contribution in [1.82, 2.24) is 10.5 Å². The first-order valence-corrected chi connectivity index (χ1v) is 5.65. The van der Waals surface area contributed by atoms with Crippen molar-refractivity contribution in [3.05, 3.63) is 53.9 Å². The molecule has 1 aromatic carbocycles. The molecule has 0 aliphatic rings. The van der Waals surface area contributed by atoms with E-state index in [1.807, 2.05) is 18.2 Å². The van der Waals surface area contributed by atoms with Gasteiger partial charge in [-0.05, 0) is 5.56 Å². The molecule has 0 saturated carbocycles. The average Bonchev–Trinajstić information content (AvgIpc) is 2.93. The van der Waals surface area contributed by atoms with E-state index in [0.717, 1.165) is 5.56 Å². The first kappa shape index (κ1) is 12.8. The molecule has 6 heteroatoms. The number of hydrogen-bond acceptors (Lipinski definition) is 4. The van der Waals surface area contributed by atoms with Crippen molar-refractivity contribution in [2.75, 3.05) is 0 Å². The molecule has 1 aromatic heterocycles. The Bertz CT molecular complexity index is 551. The van der Waals surface area contributed by atoms with Crippen LogP contribution in [0.4, 0.5) is 0 Å². The molecule has 0 fully saturated rings. The summed E-state index contributed by atoms with van der Waals surface area (Å²) >= 11 is 0. The van der Waals surface area contributed by atoms with Gasteiger partial charge in [0.05, 0.1) is 6.20 Å². The third kappa shape index (κ3) is 3.41. The molecule has 19 heavy (non-hydrogen) atoms. The predicted molar refractivity (Wildman–Crippen MR) is 65.5 cm³/mol. The molecule has 1 amide bonds. The van der Waals surface area contributed by atoms with Crippen LogP contribution in [0.25, 0.3) is 0 Å². The lowest BCUT2D eigenvalue weighted by Crippen LogP contribution is -2.42. The van der Waals surface area contributed by atoms with Crippen molar-refractivity contribution in [2.45, 2.75) is 12.5 Å². The molecular formula is C13H12N2O4. The molecule has 0 bridgehead atoms. The highest BCUT2D eigenvalue weighted by atomic mass is 16.5. The van der Waals surface area contributed by atoms with Crippen molar-refractivity contribution < 1.29 is 19.2 Å². The van der Waals surface area contributed by atoms with Gasteiger partial charge in [-0.25, -0.2) is 4.79 Å². The number of nitrogens with one attached hydrogen (secondary N) is 1. The lowest BCUT2D eigenvalue weighted by molar-refractivity contribution is -0.139. The Balaban J connectivity index is 2.05. The van der Waals surface area contributed by atoms with Gasteiger partial charge in [0.2, 0.25) is 5.76 Å². The first-order valence-electron chi connectivity index (χ1n) is 5.65. The molecule has 2 rings (SSSR count). The van der Waals surface area contributed by atoms with Gasteiger partial charge in [-0.2, -0.15) is 0 Å². The number of amides is 1. The third-order valence-electron chi connectivity index (χ3n) is 2.55. The molecular weight excluding hydrogens is 248 g/mol. The number of carbonyl (C=O) groups excluding carboxylic acids is 1. The minimum Gasteiger partial charge on any atom is -0.480 e. The predicted octanol–water partition coefficient (Wildman–Crippen LogP) is 1.10. The minimum atomic E-state index is -1.10. The highest BCUT2D eigenvalue weighted by Crippen LogP contribution is 2.05. The lowest BCUT2D eigenvalue weighted by atomic mass is 10.1. The Morgan fingerprint density at radius 3 is 2.58 bits per heavy atom. The van der Waals surface area contributed by atoms with Gasteiger partial charge in [0.15, 0.2) is 0 Å². The Morgan fingerprint density at radius 1 is 1.26 bits per heavy atom. The summed E-state index contributed by atoms with van der Waals surface area (Å²) < 4.78 is 4.67. The standard InChI is InChI=1S/C13H12N2O4/c16-12(11-6-7-14-19-11)15-10(13(17)18)8-9-4-2-1-3-5-9/h1-7,10H,8H2,(H,15,16)(H,17,18). The van der Waals surface area contributed by atoms with Gasteiger partial charge in [0, 0.05) is 12.5 Å². The second kappa shape index (κ2) is 5.81. The second-order valence-electron chi connectivity index (χ2n) is 3.93. The largest absolute Gasteiger partial charge is 0.480 e. The van der Waals surface area contributed by atoms with Crippen LogP contribution in [0.15, 0.2) is 47.1 Å². The molecule has 0 aliphatic carbocycles. The molecule has 2 aromatic rings. The monoisotopic (exact) mass is 260 g/mol. The summed E-state index contributed by atoms with van der Waals surface area (Å²) in [5.41, 5.74) is 0.827. The number of carbonyl (C=O) groups is 2. The minimum absolute atomic E-state index is 0.0145. The number of aromatic nitrogens is 1. The number of rotatable bonds is 5. The number of carboxylic acids is 1. The molecule has 6 nitrogen and oxygen atoms in total. The van der Waals surface area contributed by atoms with E-state index in [-0.39, 0.29) is 12.2 Å². The fourth-order valence-electron chi connectivity index (χ4n) is 1.61. The Hall–Kier alpha value is -2.63. The third-order valence-corrected chi connectivity index (χ3v) is 2.55. The van der Waals surface area contributed by atoms with E-state index < -0.39 is 17.9 Å². The van der Waals surface area contributed by atoms with Crippen LogP contribution in [0.3, 0.4) is 0 Å². The Labute approximate surface area is 109 Å². The van der Waals surface area contributed by atoms with Gasteiger partial charge in [-0.15, -0.1) is 0 Å². The summed E-state index contributed by atoms with van der Waals surface area (Å²) in [5, 5.41) is 14.9. The maximum atomic E-state index is 11.7. The molecule has 0 saturated heterocycles. The summed E-state index contributed by atoms with van der Waals surface area (Å²) in [6.45, 7) is 0. The van der Waals surface area contributed by atoms with Crippen LogP contribution in [0.5, 0.6) is 0 Å². The van der Waals surface area contributed by atoms with E-state index in [4.69, 9.17) is 5.11 Å². The lowest BCUT2D eigenvalue weighted by Gasteiger charge is -2.13. The number of carboxylic acid groups (broad SMARTS) is 1. The molecule has 0 aliphatic heterocycles. The molecule has 0 spiro atoms. The zero-order valence-corrected chi connectivity index (χ0v) is 9.95. The summed E-state index contributed by atoms with van der Waals surface area (Å²) in [6.07, 6.45) is 1.53. The van der Waals surface area contributed by atoms with E-state index in [9.17, 15) is 9.59 Å². The van der Waals surface area contributed by atoms with E-state index in [0.29, 0.717) is 0 Å². The van der Waals surface area contributed by atoms with Gasteiger partial charge < -0.3 is 14.9 Å². The molecule has 98 valence electrons. The summed E-state index contributed by atoms with van der Waals surface area (Å²) in [5.74, 6) is -1.71. The molecule has 2 N–H and O–H groups in total. The smallest absolute Gasteiger partial charge is 0.326 e. The molecule has 1 atom stereocenters. The second-order valence-corrected chi connectivity index (χ2v) is 3.93. The van der Waals surface area contributed by atoms with Gasteiger partial charge in [-0.1, -0.05) is 35.5 Å². The molecule has 1 heterocycles. The van der Waals surface area contributed by atoms with Crippen LogP contribution in [0, 0.1) is 0 Å². The van der Waals surface area contributed by atoms with Crippen LogP contribution in [0.1, 0.15) is 16.1 Å². The highest BCUT2D eigenvalue weighted by molar-refractivity contribution is 5.94. The van der Waals surface area contributed by atoms with Crippen LogP contribution in [0.2, 0.25) is 0 Å². The van der Waals surface area contributed by atoms with Crippen LogP contribution < -0.4 is 5.32 Å². The van der Waals surface area contributed by atoms with Crippen molar-refractivity contribution in [3.63, 3.8) is 0 Å². The quantitative estimate of drug-likeness (QED) is 0.839. The topological polar surface area (TPSA) is 92.4 Å². The van der Waals surface area contributed by atoms with E-state index in [2.05, 4.69) is 15.0 Å². The maximum absolute atomic E-state index is 11.7. The first-order chi connectivity index (χ1) is 9.16. The van der Waals surface area contributed by atoms with Crippen molar-refractivity contribution in [1.29, 1.82) is 0 Å². The Morgan fingerprint density at radius 2 is 2.00 bits per heavy atom. The number of benzene rings is 1. The van der Waals surface area contributed by atoms with Crippen LogP contribution in [-0.4, -0.2) is 28.2 Å². The number of nitrogens with zero attached hydrogens (tertiary/aromatic N) is 1. The maximum Gasteiger partial charge on any atom is 0.326 e. The van der Waals surface area contributed by atoms with Crippen LogP contribution >= 0.6 is 0 Å². The number of hydrogen-bond donors (Lipinski definition) is 2. The van der Waals surface area contributed by atoms with Crippen LogP contribution in [-0.2, 0) is 11.2 Å². The van der Waals surface area contributed by atoms with Gasteiger partial charge >= 0.3 is 5.97 Å². The van der Waals surface area contributed by atoms with Crippen molar-refractivity contribution in [2.24, 2.45) is 0 Å². The SMILES string of the molecule is O=C(NC(Cc1ccccc1)C(=O)O)c1ccno1. The zero-order chi connectivity index (χ0) is 13.7. The number of aliphatic carboxylic acids is 1. The summed E-state index contributed by atoms with van der Waals surface area (Å²) in [6, 6.07) is 9.43. The Kier molecular flexibility index (Phi) is 3.92. The molecule has 1 unspecified atom stereocenters. The fraction of sp³-hybridized carbons (Fsp3) is 0.154. The van der Waals surface area contributed by atoms with Crippen molar-refractivity contribution >= 4 is 11.9 Å². The zero-order valence-electron chi connectivity index (χ0n) is 9.95. The average molecular weight is 260 g/mol. The fourth-order valence-corrected chi connectivity index (χ4v) is 1.61. The normalized spacial score (nSPS) is 11.8. The van der Waals surface area contributed by atoms with Gasteiger partial charge in [-0.3, -0.25) is 4.79 Å². The van der Waals surface area contributed by atoms with Gasteiger partial charge in [0.1, 0.15) is 6.04 Å². The van der Waals surface area contributed by atoms with E-state index in [1.165, 1.54) is 12.3 Å². The van der Waals surface area contributed by atoms with Gasteiger partial charge in [0.25, 0.3) is 5.91 Å². The summed E-state index contributed by atoms with van der Waals surface area (Å²) in [4.78, 5) is 22.9. The molecule has 0 radical (unpaired) electrons. The highest BCUT2D eigenvalue weighted by Gasteiger charge is 2.22. The van der Waals surface area contributed by atoms with E-state index in [1.54, 1.807) is 12.1 Å². The van der Waals surface area contributed by atoms with Crippen molar-refractivity contribution in [3.8, 4) is 0 Å². The van der Waals surface area contributed by atoms with E-state index >= 15 is 0 Å².